The summed E-state index contributed by atoms with van der Waals surface area (Å²) in [5.74, 6) is -0.400. The maximum atomic E-state index is 13.0. The summed E-state index contributed by atoms with van der Waals surface area (Å²) < 4.78 is 27.0. The number of fused-ring (bicyclic) bond motifs is 1. The zero-order valence-electron chi connectivity index (χ0n) is 16.8. The third-order valence-electron chi connectivity index (χ3n) is 5.06. The van der Waals surface area contributed by atoms with Gasteiger partial charge >= 0.3 is 0 Å². The predicted octanol–water partition coefficient (Wildman–Crippen LogP) is 2.55. The zero-order chi connectivity index (χ0) is 21.2. The Morgan fingerprint density at radius 3 is 2.45 bits per heavy atom. The van der Waals surface area contributed by atoms with Crippen molar-refractivity contribution < 1.29 is 18.0 Å². The van der Waals surface area contributed by atoms with Gasteiger partial charge < -0.3 is 10.2 Å². The molecule has 0 spiro atoms. The molecule has 0 aliphatic carbocycles. The Bertz CT molecular complexity index is 1030. The van der Waals surface area contributed by atoms with Gasteiger partial charge in [-0.05, 0) is 55.7 Å². The molecule has 2 aromatic carbocycles. The van der Waals surface area contributed by atoms with Crippen LogP contribution in [0.5, 0.6) is 0 Å². The normalized spacial score (nSPS) is 14.1. The van der Waals surface area contributed by atoms with E-state index in [1.54, 1.807) is 19.2 Å². The highest BCUT2D eigenvalue weighted by Gasteiger charge is 2.26. The number of amides is 2. The third-order valence-corrected chi connectivity index (χ3v) is 6.86. The summed E-state index contributed by atoms with van der Waals surface area (Å²) in [6, 6.07) is 12.1. The van der Waals surface area contributed by atoms with Crippen molar-refractivity contribution in [1.82, 2.24) is 4.31 Å². The minimum atomic E-state index is -3.84. The molecule has 2 aromatic rings. The minimum Gasteiger partial charge on any atom is -0.326 e. The van der Waals surface area contributed by atoms with E-state index < -0.39 is 10.0 Å². The van der Waals surface area contributed by atoms with Crippen molar-refractivity contribution in [3.05, 3.63) is 53.6 Å². The number of nitrogens with one attached hydrogen (secondary N) is 1. The number of likely N-dealkylation sites (N-methyl/N-ethyl adjacent to an activating group) is 2. The average Bonchev–Trinajstić information content (AvgIpc) is 2.87. The monoisotopic (exact) mass is 415 g/mol. The van der Waals surface area contributed by atoms with Crippen LogP contribution in [0.15, 0.2) is 47.4 Å². The van der Waals surface area contributed by atoms with Crippen molar-refractivity contribution in [2.75, 3.05) is 30.9 Å². The van der Waals surface area contributed by atoms with Gasteiger partial charge in [-0.15, -0.1) is 0 Å². The highest BCUT2D eigenvalue weighted by Crippen LogP contribution is 2.26. The molecule has 0 bridgehead atoms. The second-order valence-corrected chi connectivity index (χ2v) is 9.31. The van der Waals surface area contributed by atoms with Crippen LogP contribution in [0.1, 0.15) is 24.0 Å². The Balaban J connectivity index is 1.76. The molecule has 0 aromatic heterocycles. The Hall–Kier alpha value is -2.71. The number of hydrogen-bond donors (Lipinski definition) is 1. The number of sulfonamides is 1. The van der Waals surface area contributed by atoms with Gasteiger partial charge in [0, 0.05) is 31.9 Å². The summed E-state index contributed by atoms with van der Waals surface area (Å²) in [6.07, 6.45) is 1.70. The molecule has 8 heteroatoms. The van der Waals surface area contributed by atoms with E-state index in [0.29, 0.717) is 30.6 Å². The number of benzene rings is 2. The molecule has 1 N–H and O–H groups in total. The van der Waals surface area contributed by atoms with Crippen molar-refractivity contribution in [3.8, 4) is 0 Å². The number of carbonyl (C=O) groups is 2. The molecule has 154 valence electrons. The summed E-state index contributed by atoms with van der Waals surface area (Å²) in [7, 11) is -0.826. The van der Waals surface area contributed by atoms with Gasteiger partial charge in [0.1, 0.15) is 0 Å². The third kappa shape index (κ3) is 4.65. The molecule has 1 aliphatic rings. The second-order valence-electron chi connectivity index (χ2n) is 7.27. The lowest BCUT2D eigenvalue weighted by Gasteiger charge is -2.22. The largest absolute Gasteiger partial charge is 0.326 e. The average molecular weight is 416 g/mol. The van der Waals surface area contributed by atoms with Gasteiger partial charge in [-0.25, -0.2) is 8.42 Å². The second kappa shape index (κ2) is 8.34. The first-order valence-corrected chi connectivity index (χ1v) is 10.8. The van der Waals surface area contributed by atoms with Gasteiger partial charge in [0.05, 0.1) is 11.4 Å². The molecule has 0 atom stereocenters. The molecule has 0 unspecified atom stereocenters. The molecule has 7 nitrogen and oxygen atoms in total. The van der Waals surface area contributed by atoms with Gasteiger partial charge in [0.15, 0.2) is 0 Å². The molecule has 0 saturated carbocycles. The SMILES string of the molecule is Cc1ccc(N(C)C(=O)CN(C)S(=O)(=O)c2ccc3c(c2)CCCC(=O)N3)cc1. The van der Waals surface area contributed by atoms with Gasteiger partial charge in [0.2, 0.25) is 21.8 Å². The molecule has 29 heavy (non-hydrogen) atoms. The molecular weight excluding hydrogens is 390 g/mol. The predicted molar refractivity (Wildman–Crippen MR) is 112 cm³/mol. The molecular formula is C21H25N3O4S. The van der Waals surface area contributed by atoms with E-state index in [4.69, 9.17) is 0 Å². The lowest BCUT2D eigenvalue weighted by Crippen LogP contribution is -2.39. The number of nitrogens with zero attached hydrogens (tertiary/aromatic N) is 2. The van der Waals surface area contributed by atoms with Gasteiger partial charge in [-0.2, -0.15) is 4.31 Å². The van der Waals surface area contributed by atoms with E-state index in [2.05, 4.69) is 5.32 Å². The quantitative estimate of drug-likeness (QED) is 0.813. The van der Waals surface area contributed by atoms with Crippen molar-refractivity contribution in [2.45, 2.75) is 31.1 Å². The molecule has 0 radical (unpaired) electrons. The van der Waals surface area contributed by atoms with E-state index in [9.17, 15) is 18.0 Å². The summed E-state index contributed by atoms with van der Waals surface area (Å²) in [5.41, 5.74) is 3.21. The first-order chi connectivity index (χ1) is 13.7. The van der Waals surface area contributed by atoms with Crippen molar-refractivity contribution >= 4 is 33.2 Å². The standard InChI is InChI=1S/C21H25N3O4S/c1-15-7-9-17(10-8-15)24(3)21(26)14-23(2)29(27,28)18-11-12-19-16(13-18)5-4-6-20(25)22-19/h7-13H,4-6,14H2,1-3H3,(H,22,25). The lowest BCUT2D eigenvalue weighted by molar-refractivity contribution is -0.118. The smallest absolute Gasteiger partial charge is 0.243 e. The molecule has 1 aliphatic heterocycles. The highest BCUT2D eigenvalue weighted by molar-refractivity contribution is 7.89. The lowest BCUT2D eigenvalue weighted by atomic mass is 10.1. The van der Waals surface area contributed by atoms with Crippen LogP contribution < -0.4 is 10.2 Å². The van der Waals surface area contributed by atoms with E-state index in [1.165, 1.54) is 18.0 Å². The molecule has 3 rings (SSSR count). The maximum Gasteiger partial charge on any atom is 0.243 e. The Morgan fingerprint density at radius 1 is 1.07 bits per heavy atom. The molecule has 0 saturated heterocycles. The number of anilines is 2. The van der Waals surface area contributed by atoms with Crippen LogP contribution in [0.25, 0.3) is 0 Å². The van der Waals surface area contributed by atoms with Crippen LogP contribution in [0.2, 0.25) is 0 Å². The summed E-state index contributed by atoms with van der Waals surface area (Å²) >= 11 is 0. The number of carbonyl (C=O) groups excluding carboxylic acids is 2. The minimum absolute atomic E-state index is 0.0683. The van der Waals surface area contributed by atoms with Crippen molar-refractivity contribution in [2.24, 2.45) is 0 Å². The van der Waals surface area contributed by atoms with Gasteiger partial charge in [-0.3, -0.25) is 9.59 Å². The maximum absolute atomic E-state index is 13.0. The summed E-state index contributed by atoms with van der Waals surface area (Å²) in [6.45, 7) is 1.68. The topological polar surface area (TPSA) is 86.8 Å². The van der Waals surface area contributed by atoms with E-state index in [1.807, 2.05) is 31.2 Å². The molecule has 2 amide bonds. The van der Waals surface area contributed by atoms with Gasteiger partial charge in [-0.1, -0.05) is 17.7 Å². The zero-order valence-corrected chi connectivity index (χ0v) is 17.6. The fourth-order valence-corrected chi connectivity index (χ4v) is 4.36. The van der Waals surface area contributed by atoms with Crippen LogP contribution in [0.4, 0.5) is 11.4 Å². The fourth-order valence-electron chi connectivity index (χ4n) is 3.19. The van der Waals surface area contributed by atoms with Gasteiger partial charge in [0.25, 0.3) is 0 Å². The van der Waals surface area contributed by atoms with Crippen LogP contribution >= 0.6 is 0 Å². The number of rotatable bonds is 5. The van der Waals surface area contributed by atoms with Crippen molar-refractivity contribution in [3.63, 3.8) is 0 Å². The van der Waals surface area contributed by atoms with Crippen LogP contribution in [0, 0.1) is 6.92 Å². The van der Waals surface area contributed by atoms with Crippen molar-refractivity contribution in [1.29, 1.82) is 0 Å². The Labute approximate surface area is 171 Å². The van der Waals surface area contributed by atoms with Crippen LogP contribution in [-0.2, 0) is 26.0 Å². The Kier molecular flexibility index (Phi) is 6.04. The summed E-state index contributed by atoms with van der Waals surface area (Å²) in [4.78, 5) is 25.8. The number of aryl methyl sites for hydroxylation is 2. The fraction of sp³-hybridized carbons (Fsp3) is 0.333. The number of hydrogen-bond acceptors (Lipinski definition) is 4. The summed E-state index contributed by atoms with van der Waals surface area (Å²) in [5, 5.41) is 2.79. The first kappa shape index (κ1) is 21.0. The van der Waals surface area contributed by atoms with E-state index in [-0.39, 0.29) is 23.3 Å². The van der Waals surface area contributed by atoms with E-state index >= 15 is 0 Å². The van der Waals surface area contributed by atoms with Crippen LogP contribution in [-0.4, -0.2) is 45.2 Å². The molecule has 1 heterocycles. The van der Waals surface area contributed by atoms with Crippen LogP contribution in [0.3, 0.4) is 0 Å². The molecule has 0 fully saturated rings. The Morgan fingerprint density at radius 2 is 1.76 bits per heavy atom. The highest BCUT2D eigenvalue weighted by atomic mass is 32.2. The van der Waals surface area contributed by atoms with E-state index in [0.717, 1.165) is 15.4 Å². The first-order valence-electron chi connectivity index (χ1n) is 9.41.